The van der Waals surface area contributed by atoms with Crippen molar-refractivity contribution in [3.05, 3.63) is 0 Å². The Hall–Kier alpha value is -0.130. The van der Waals surface area contributed by atoms with Crippen LogP contribution in [0.3, 0.4) is 0 Å². The van der Waals surface area contributed by atoms with Crippen LogP contribution < -0.4 is 5.32 Å². The fourth-order valence-corrected chi connectivity index (χ4v) is 5.45. The number of hydrogen-bond acceptors (Lipinski definition) is 4. The Morgan fingerprint density at radius 3 is 2.69 bits per heavy atom. The van der Waals surface area contributed by atoms with Gasteiger partial charge in [0.25, 0.3) is 0 Å². The Balaban J connectivity index is 2.25. The summed E-state index contributed by atoms with van der Waals surface area (Å²) >= 11 is 0. The Morgan fingerprint density at radius 1 is 1.38 bits per heavy atom. The molecule has 0 aromatic rings. The zero-order chi connectivity index (χ0) is 11.9. The maximum absolute atomic E-state index is 12.2. The summed E-state index contributed by atoms with van der Waals surface area (Å²) in [4.78, 5) is 0. The molecule has 16 heavy (non-hydrogen) atoms. The third kappa shape index (κ3) is 2.13. The molecule has 94 valence electrons. The SMILES string of the molecule is CCC1CS(=O)(=O)C2C(CC(C)OC2C)N1. The lowest BCUT2D eigenvalue weighted by atomic mass is 9.97. The molecular weight excluding hydrogens is 226 g/mol. The number of sulfone groups is 1. The Bertz CT molecular complexity index is 354. The minimum Gasteiger partial charge on any atom is -0.374 e. The van der Waals surface area contributed by atoms with E-state index in [0.717, 1.165) is 12.8 Å². The van der Waals surface area contributed by atoms with E-state index < -0.39 is 9.84 Å². The lowest BCUT2D eigenvalue weighted by Gasteiger charge is -2.44. The Labute approximate surface area is 97.7 Å². The second kappa shape index (κ2) is 4.27. The molecule has 0 saturated carbocycles. The minimum atomic E-state index is -3.01. The van der Waals surface area contributed by atoms with Crippen molar-refractivity contribution < 1.29 is 13.2 Å². The van der Waals surface area contributed by atoms with Crippen molar-refractivity contribution in [2.75, 3.05) is 5.75 Å². The van der Waals surface area contributed by atoms with E-state index in [4.69, 9.17) is 4.74 Å². The Morgan fingerprint density at radius 2 is 2.06 bits per heavy atom. The summed E-state index contributed by atoms with van der Waals surface area (Å²) in [6.07, 6.45) is 1.62. The fraction of sp³-hybridized carbons (Fsp3) is 1.00. The van der Waals surface area contributed by atoms with Gasteiger partial charge in [-0.1, -0.05) is 6.92 Å². The highest BCUT2D eigenvalue weighted by atomic mass is 32.2. The van der Waals surface area contributed by atoms with Crippen molar-refractivity contribution >= 4 is 9.84 Å². The van der Waals surface area contributed by atoms with Gasteiger partial charge in [0.2, 0.25) is 0 Å². The monoisotopic (exact) mass is 247 g/mol. The molecule has 0 amide bonds. The molecule has 2 aliphatic rings. The molecule has 2 saturated heterocycles. The molecule has 0 bridgehead atoms. The highest BCUT2D eigenvalue weighted by Crippen LogP contribution is 2.30. The summed E-state index contributed by atoms with van der Waals surface area (Å²) in [7, 11) is -3.01. The molecule has 0 spiro atoms. The largest absolute Gasteiger partial charge is 0.374 e. The van der Waals surface area contributed by atoms with E-state index in [1.54, 1.807) is 0 Å². The van der Waals surface area contributed by atoms with E-state index in [9.17, 15) is 8.42 Å². The molecular formula is C11H21NO3S. The predicted octanol–water partition coefficient (Wildman–Crippen LogP) is 0.717. The van der Waals surface area contributed by atoms with E-state index in [0.29, 0.717) is 0 Å². The molecule has 2 fully saturated rings. The van der Waals surface area contributed by atoms with E-state index in [-0.39, 0.29) is 35.3 Å². The fourth-order valence-electron chi connectivity index (χ4n) is 3.00. The zero-order valence-corrected chi connectivity index (χ0v) is 11.0. The van der Waals surface area contributed by atoms with Gasteiger partial charge in [0.15, 0.2) is 9.84 Å². The van der Waals surface area contributed by atoms with Gasteiger partial charge >= 0.3 is 0 Å². The van der Waals surface area contributed by atoms with Crippen LogP contribution >= 0.6 is 0 Å². The topological polar surface area (TPSA) is 55.4 Å². The second-order valence-electron chi connectivity index (χ2n) is 5.06. The highest BCUT2D eigenvalue weighted by Gasteiger charge is 2.47. The molecule has 0 aliphatic carbocycles. The van der Waals surface area contributed by atoms with E-state index in [1.807, 2.05) is 20.8 Å². The summed E-state index contributed by atoms with van der Waals surface area (Å²) in [6, 6.07) is 0.186. The van der Waals surface area contributed by atoms with E-state index in [1.165, 1.54) is 0 Å². The number of rotatable bonds is 1. The van der Waals surface area contributed by atoms with Crippen molar-refractivity contribution in [3.8, 4) is 0 Å². The molecule has 2 heterocycles. The molecule has 2 aliphatic heterocycles. The van der Waals surface area contributed by atoms with Crippen molar-refractivity contribution in [2.24, 2.45) is 0 Å². The van der Waals surface area contributed by atoms with E-state index in [2.05, 4.69) is 5.32 Å². The maximum atomic E-state index is 12.2. The molecule has 5 heteroatoms. The number of hydrogen-bond donors (Lipinski definition) is 1. The van der Waals surface area contributed by atoms with Gasteiger partial charge in [0.05, 0.1) is 18.0 Å². The lowest BCUT2D eigenvalue weighted by molar-refractivity contribution is -0.0421. The second-order valence-corrected chi connectivity index (χ2v) is 7.26. The van der Waals surface area contributed by atoms with Crippen LogP contribution in [0, 0.1) is 0 Å². The first-order chi connectivity index (χ1) is 7.44. The maximum Gasteiger partial charge on any atom is 0.158 e. The molecule has 0 aromatic carbocycles. The van der Waals surface area contributed by atoms with Crippen molar-refractivity contribution in [1.29, 1.82) is 0 Å². The van der Waals surface area contributed by atoms with Gasteiger partial charge in [-0.15, -0.1) is 0 Å². The van der Waals surface area contributed by atoms with Gasteiger partial charge in [0, 0.05) is 12.1 Å². The average molecular weight is 247 g/mol. The first-order valence-corrected chi connectivity index (χ1v) is 7.78. The molecule has 1 N–H and O–H groups in total. The number of ether oxygens (including phenoxy) is 1. The van der Waals surface area contributed by atoms with E-state index >= 15 is 0 Å². The van der Waals surface area contributed by atoms with Crippen LogP contribution in [-0.4, -0.2) is 43.7 Å². The normalized spacial score (nSPS) is 47.3. The summed E-state index contributed by atoms with van der Waals surface area (Å²) in [6.45, 7) is 5.91. The summed E-state index contributed by atoms with van der Waals surface area (Å²) in [5.74, 6) is 0.257. The van der Waals surface area contributed by atoms with Gasteiger partial charge in [-0.3, -0.25) is 0 Å². The van der Waals surface area contributed by atoms with Crippen molar-refractivity contribution in [3.63, 3.8) is 0 Å². The third-order valence-electron chi connectivity index (χ3n) is 3.68. The van der Waals surface area contributed by atoms with Crippen molar-refractivity contribution in [1.82, 2.24) is 5.32 Å². The molecule has 5 unspecified atom stereocenters. The zero-order valence-electron chi connectivity index (χ0n) is 10.1. The van der Waals surface area contributed by atoms with Gasteiger partial charge in [-0.2, -0.15) is 0 Å². The highest BCUT2D eigenvalue weighted by molar-refractivity contribution is 7.92. The Kier molecular flexibility index (Phi) is 3.29. The van der Waals surface area contributed by atoms with Crippen LogP contribution in [0.15, 0.2) is 0 Å². The van der Waals surface area contributed by atoms with Crippen LogP contribution in [0.1, 0.15) is 33.6 Å². The van der Waals surface area contributed by atoms with Crippen LogP contribution in [0.4, 0.5) is 0 Å². The molecule has 0 radical (unpaired) electrons. The first-order valence-electron chi connectivity index (χ1n) is 6.07. The number of fused-ring (bicyclic) bond motifs is 1. The molecule has 0 aromatic heterocycles. The lowest BCUT2D eigenvalue weighted by Crippen LogP contribution is -2.64. The van der Waals surface area contributed by atoms with Crippen LogP contribution in [0.5, 0.6) is 0 Å². The molecule has 2 rings (SSSR count). The molecule has 5 atom stereocenters. The summed E-state index contributed by atoms with van der Waals surface area (Å²) in [5.41, 5.74) is 0. The standard InChI is InChI=1S/C11H21NO3S/c1-4-9-6-16(13,14)11-8(3)15-7(2)5-10(11)12-9/h7-12H,4-6H2,1-3H3. The van der Waals surface area contributed by atoms with Crippen LogP contribution in [0.2, 0.25) is 0 Å². The van der Waals surface area contributed by atoms with Gasteiger partial charge in [-0.25, -0.2) is 8.42 Å². The van der Waals surface area contributed by atoms with Crippen LogP contribution in [0.25, 0.3) is 0 Å². The summed E-state index contributed by atoms with van der Waals surface area (Å²) < 4.78 is 30.0. The van der Waals surface area contributed by atoms with Gasteiger partial charge in [-0.05, 0) is 26.7 Å². The quantitative estimate of drug-likeness (QED) is 0.742. The first kappa shape index (κ1) is 12.3. The minimum absolute atomic E-state index is 0.0717. The summed E-state index contributed by atoms with van der Waals surface area (Å²) in [5, 5.41) is 3.11. The number of nitrogens with one attached hydrogen (secondary N) is 1. The molecule has 4 nitrogen and oxygen atoms in total. The van der Waals surface area contributed by atoms with Gasteiger partial charge in [0.1, 0.15) is 5.25 Å². The third-order valence-corrected chi connectivity index (χ3v) is 6.09. The van der Waals surface area contributed by atoms with Gasteiger partial charge < -0.3 is 10.1 Å². The predicted molar refractivity (Wildman–Crippen MR) is 63.2 cm³/mol. The smallest absolute Gasteiger partial charge is 0.158 e. The van der Waals surface area contributed by atoms with Crippen molar-refractivity contribution in [2.45, 2.75) is 63.2 Å². The van der Waals surface area contributed by atoms with Crippen LogP contribution in [-0.2, 0) is 14.6 Å². The average Bonchev–Trinajstić information content (AvgIpc) is 2.13.